The summed E-state index contributed by atoms with van der Waals surface area (Å²) in [5, 5.41) is 8.93. The molecule has 1 aliphatic rings. The number of pyridine rings is 1. The van der Waals surface area contributed by atoms with E-state index in [0.717, 1.165) is 6.54 Å². The van der Waals surface area contributed by atoms with Crippen LogP contribution < -0.4 is 4.90 Å². The smallest absolute Gasteiger partial charge is 0.354 e. The highest BCUT2D eigenvalue weighted by molar-refractivity contribution is 5.85. The van der Waals surface area contributed by atoms with Crippen molar-refractivity contribution in [3.63, 3.8) is 0 Å². The third-order valence-electron chi connectivity index (χ3n) is 2.88. The lowest BCUT2D eigenvalue weighted by atomic mass is 10.0. The number of rotatable bonds is 2. The minimum absolute atomic E-state index is 0.0739. The highest BCUT2D eigenvalue weighted by Crippen LogP contribution is 2.25. The highest BCUT2D eigenvalue weighted by atomic mass is 16.5. The van der Waals surface area contributed by atoms with Gasteiger partial charge in [-0.05, 0) is 26.0 Å². The minimum atomic E-state index is -1.00. The molecule has 0 bridgehead atoms. The lowest BCUT2D eigenvalue weighted by Crippen LogP contribution is -2.53. The maximum atomic E-state index is 10.9. The lowest BCUT2D eigenvalue weighted by molar-refractivity contribution is 0.0636. The van der Waals surface area contributed by atoms with E-state index in [1.165, 1.54) is 6.07 Å². The number of aromatic carboxylic acids is 1. The average Bonchev–Trinajstić information content (AvgIpc) is 2.28. The standard InChI is InChI=1S/C12H16N2O3/c1-12(2)8-17-7-6-14(12)10-5-3-4-9(13-10)11(15)16/h3-5H,6-8H2,1-2H3,(H,15,16). The van der Waals surface area contributed by atoms with Gasteiger partial charge in [-0.25, -0.2) is 9.78 Å². The number of nitrogens with zero attached hydrogens (tertiary/aromatic N) is 2. The van der Waals surface area contributed by atoms with Crippen molar-refractivity contribution in [3.8, 4) is 0 Å². The fraction of sp³-hybridized carbons (Fsp3) is 0.500. The summed E-state index contributed by atoms with van der Waals surface area (Å²) in [4.78, 5) is 17.1. The third-order valence-corrected chi connectivity index (χ3v) is 2.88. The number of morpholine rings is 1. The molecule has 5 heteroatoms. The van der Waals surface area contributed by atoms with Gasteiger partial charge in [0.15, 0.2) is 5.69 Å². The Hall–Kier alpha value is -1.62. The fourth-order valence-electron chi connectivity index (χ4n) is 1.98. The van der Waals surface area contributed by atoms with E-state index in [1.54, 1.807) is 6.07 Å². The van der Waals surface area contributed by atoms with Crippen molar-refractivity contribution in [1.29, 1.82) is 0 Å². The predicted octanol–water partition coefficient (Wildman–Crippen LogP) is 1.40. The molecule has 1 fully saturated rings. The Bertz CT molecular complexity index is 432. The molecule has 1 aromatic rings. The van der Waals surface area contributed by atoms with Gasteiger partial charge in [-0.15, -0.1) is 0 Å². The van der Waals surface area contributed by atoms with Crippen molar-refractivity contribution in [2.75, 3.05) is 24.7 Å². The largest absolute Gasteiger partial charge is 0.477 e. The van der Waals surface area contributed by atoms with Gasteiger partial charge >= 0.3 is 5.97 Å². The molecule has 5 nitrogen and oxygen atoms in total. The Morgan fingerprint density at radius 1 is 1.53 bits per heavy atom. The van der Waals surface area contributed by atoms with Gasteiger partial charge in [0.25, 0.3) is 0 Å². The van der Waals surface area contributed by atoms with E-state index in [-0.39, 0.29) is 11.2 Å². The monoisotopic (exact) mass is 236 g/mol. The maximum absolute atomic E-state index is 10.9. The normalized spacial score (nSPS) is 19.1. The minimum Gasteiger partial charge on any atom is -0.477 e. The van der Waals surface area contributed by atoms with Crippen LogP contribution in [0.3, 0.4) is 0 Å². The summed E-state index contributed by atoms with van der Waals surface area (Å²) in [5.74, 6) is -0.309. The number of aromatic nitrogens is 1. The van der Waals surface area contributed by atoms with E-state index in [9.17, 15) is 4.79 Å². The molecular formula is C12H16N2O3. The molecule has 0 aliphatic carbocycles. The van der Waals surface area contributed by atoms with E-state index < -0.39 is 5.97 Å². The molecule has 92 valence electrons. The van der Waals surface area contributed by atoms with Crippen molar-refractivity contribution in [2.45, 2.75) is 19.4 Å². The number of carboxylic acid groups (broad SMARTS) is 1. The Morgan fingerprint density at radius 3 is 2.94 bits per heavy atom. The van der Waals surface area contributed by atoms with E-state index >= 15 is 0 Å². The van der Waals surface area contributed by atoms with E-state index in [0.29, 0.717) is 19.0 Å². The maximum Gasteiger partial charge on any atom is 0.354 e. The Kier molecular flexibility index (Phi) is 3.02. The van der Waals surface area contributed by atoms with Gasteiger partial charge in [-0.3, -0.25) is 0 Å². The molecule has 0 aromatic carbocycles. The van der Waals surface area contributed by atoms with Crippen molar-refractivity contribution in [1.82, 2.24) is 4.98 Å². The van der Waals surface area contributed by atoms with E-state index in [4.69, 9.17) is 9.84 Å². The number of hydrogen-bond acceptors (Lipinski definition) is 4. The summed E-state index contributed by atoms with van der Waals surface area (Å²) in [6.07, 6.45) is 0. The molecule has 1 saturated heterocycles. The topological polar surface area (TPSA) is 62.7 Å². The second-order valence-corrected chi connectivity index (χ2v) is 4.70. The molecule has 17 heavy (non-hydrogen) atoms. The Balaban J connectivity index is 2.32. The summed E-state index contributed by atoms with van der Waals surface area (Å²) >= 11 is 0. The number of ether oxygens (including phenoxy) is 1. The summed E-state index contributed by atoms with van der Waals surface area (Å²) in [6.45, 7) is 6.10. The molecule has 2 heterocycles. The SMILES string of the molecule is CC1(C)COCCN1c1cccc(C(=O)O)n1. The highest BCUT2D eigenvalue weighted by Gasteiger charge is 2.31. The van der Waals surface area contributed by atoms with Gasteiger partial charge < -0.3 is 14.7 Å². The summed E-state index contributed by atoms with van der Waals surface area (Å²) in [6, 6.07) is 5.05. The molecule has 1 aliphatic heterocycles. The molecule has 0 atom stereocenters. The van der Waals surface area contributed by atoms with E-state index in [1.807, 2.05) is 6.07 Å². The van der Waals surface area contributed by atoms with Crippen LogP contribution in [0.15, 0.2) is 18.2 Å². The van der Waals surface area contributed by atoms with Crippen LogP contribution in [0.25, 0.3) is 0 Å². The number of carboxylic acids is 1. The number of anilines is 1. The molecule has 0 radical (unpaired) electrons. The van der Waals surface area contributed by atoms with Crippen LogP contribution in [0, 0.1) is 0 Å². The molecule has 0 spiro atoms. The second kappa shape index (κ2) is 4.33. The van der Waals surface area contributed by atoms with Crippen LogP contribution in [-0.4, -0.2) is 41.4 Å². The van der Waals surface area contributed by atoms with Crippen LogP contribution in [0.5, 0.6) is 0 Å². The molecule has 0 amide bonds. The second-order valence-electron chi connectivity index (χ2n) is 4.70. The first-order valence-electron chi connectivity index (χ1n) is 5.56. The van der Waals surface area contributed by atoms with Crippen molar-refractivity contribution >= 4 is 11.8 Å². The summed E-state index contributed by atoms with van der Waals surface area (Å²) in [7, 11) is 0. The zero-order chi connectivity index (χ0) is 12.5. The molecular weight excluding hydrogens is 220 g/mol. The number of carbonyl (C=O) groups is 1. The van der Waals surface area contributed by atoms with Crippen molar-refractivity contribution in [3.05, 3.63) is 23.9 Å². The summed E-state index contributed by atoms with van der Waals surface area (Å²) in [5.41, 5.74) is -0.0904. The zero-order valence-corrected chi connectivity index (χ0v) is 10.0. The third kappa shape index (κ3) is 2.39. The van der Waals surface area contributed by atoms with Gasteiger partial charge in [0.1, 0.15) is 5.82 Å². The molecule has 1 aromatic heterocycles. The first-order chi connectivity index (χ1) is 8.00. The van der Waals surface area contributed by atoms with Crippen LogP contribution in [0.1, 0.15) is 24.3 Å². The zero-order valence-electron chi connectivity index (χ0n) is 10.0. The average molecular weight is 236 g/mol. The number of hydrogen-bond donors (Lipinski definition) is 1. The molecule has 0 saturated carbocycles. The van der Waals surface area contributed by atoms with Crippen LogP contribution in [0.4, 0.5) is 5.82 Å². The van der Waals surface area contributed by atoms with Gasteiger partial charge in [-0.2, -0.15) is 0 Å². The lowest BCUT2D eigenvalue weighted by Gasteiger charge is -2.43. The molecule has 1 N–H and O–H groups in total. The molecule has 0 unspecified atom stereocenters. The Morgan fingerprint density at radius 2 is 2.29 bits per heavy atom. The van der Waals surface area contributed by atoms with Gasteiger partial charge in [0, 0.05) is 6.54 Å². The summed E-state index contributed by atoms with van der Waals surface area (Å²) < 4.78 is 5.43. The fourth-order valence-corrected chi connectivity index (χ4v) is 1.98. The van der Waals surface area contributed by atoms with Gasteiger partial charge in [0.05, 0.1) is 18.8 Å². The molecule has 2 rings (SSSR count). The van der Waals surface area contributed by atoms with Crippen molar-refractivity contribution in [2.24, 2.45) is 0 Å². The van der Waals surface area contributed by atoms with Crippen LogP contribution in [-0.2, 0) is 4.74 Å². The Labute approximate surface area is 100 Å². The quantitative estimate of drug-likeness (QED) is 0.840. The van der Waals surface area contributed by atoms with Crippen LogP contribution in [0.2, 0.25) is 0 Å². The van der Waals surface area contributed by atoms with Crippen LogP contribution >= 0.6 is 0 Å². The predicted molar refractivity (Wildman–Crippen MR) is 63.4 cm³/mol. The van der Waals surface area contributed by atoms with E-state index in [2.05, 4.69) is 23.7 Å². The van der Waals surface area contributed by atoms with Crippen molar-refractivity contribution < 1.29 is 14.6 Å². The first kappa shape index (κ1) is 11.9. The van der Waals surface area contributed by atoms with Gasteiger partial charge in [-0.1, -0.05) is 6.07 Å². The first-order valence-corrected chi connectivity index (χ1v) is 5.56. The van der Waals surface area contributed by atoms with Gasteiger partial charge in [0.2, 0.25) is 0 Å².